The zero-order chi connectivity index (χ0) is 9.26. The Balaban J connectivity index is 2.41. The predicted molar refractivity (Wildman–Crippen MR) is 55.9 cm³/mol. The summed E-state index contributed by atoms with van der Waals surface area (Å²) in [6, 6.07) is 6.74. The molecule has 2 nitrogen and oxygen atoms in total. The number of nitrogens with two attached hydrogens (primary N) is 1. The van der Waals surface area contributed by atoms with Crippen molar-refractivity contribution in [3.63, 3.8) is 0 Å². The summed E-state index contributed by atoms with van der Waals surface area (Å²) in [5, 5.41) is 3.14. The molecule has 2 heteroatoms. The molecule has 2 rings (SSSR count). The third kappa shape index (κ3) is 1.54. The van der Waals surface area contributed by atoms with E-state index in [0.29, 0.717) is 0 Å². The van der Waals surface area contributed by atoms with E-state index in [-0.39, 0.29) is 6.04 Å². The van der Waals surface area contributed by atoms with E-state index >= 15 is 0 Å². The standard InChI is InChI=1S/C11H16N2/c1-13-9-6-5-8-3-2-4-11(12)10(8)7-9/h5-7,11,13H,2-4,12H2,1H3/t11-/m1/s1. The molecule has 0 radical (unpaired) electrons. The Kier molecular flexibility index (Phi) is 2.23. The molecule has 0 bridgehead atoms. The molecular formula is C11H16N2. The van der Waals surface area contributed by atoms with Gasteiger partial charge in [-0.15, -0.1) is 0 Å². The number of aryl methyl sites for hydroxylation is 1. The van der Waals surface area contributed by atoms with Crippen LogP contribution in [0.25, 0.3) is 0 Å². The maximum atomic E-state index is 6.04. The van der Waals surface area contributed by atoms with Gasteiger partial charge in [-0.1, -0.05) is 6.07 Å². The highest BCUT2D eigenvalue weighted by atomic mass is 14.8. The zero-order valence-electron chi connectivity index (χ0n) is 8.01. The van der Waals surface area contributed by atoms with E-state index in [1.807, 2.05) is 7.05 Å². The first kappa shape index (κ1) is 8.57. The first-order chi connectivity index (χ1) is 6.31. The summed E-state index contributed by atoms with van der Waals surface area (Å²) in [7, 11) is 1.94. The van der Waals surface area contributed by atoms with Gasteiger partial charge in [0.15, 0.2) is 0 Å². The summed E-state index contributed by atoms with van der Waals surface area (Å²) in [5.41, 5.74) is 9.97. The second-order valence-corrected chi connectivity index (χ2v) is 3.66. The second-order valence-electron chi connectivity index (χ2n) is 3.66. The molecule has 3 N–H and O–H groups in total. The van der Waals surface area contributed by atoms with Crippen LogP contribution in [0.1, 0.15) is 30.0 Å². The molecule has 0 aliphatic heterocycles. The maximum Gasteiger partial charge on any atom is 0.0341 e. The molecule has 1 atom stereocenters. The van der Waals surface area contributed by atoms with Gasteiger partial charge >= 0.3 is 0 Å². The number of hydrogen-bond acceptors (Lipinski definition) is 2. The van der Waals surface area contributed by atoms with Crippen LogP contribution in [0.4, 0.5) is 5.69 Å². The fraction of sp³-hybridized carbons (Fsp3) is 0.455. The van der Waals surface area contributed by atoms with Gasteiger partial charge in [0.05, 0.1) is 0 Å². The summed E-state index contributed by atoms with van der Waals surface area (Å²) >= 11 is 0. The lowest BCUT2D eigenvalue weighted by atomic mass is 9.88. The predicted octanol–water partition coefficient (Wildman–Crippen LogP) is 2.06. The van der Waals surface area contributed by atoms with Crippen molar-refractivity contribution in [2.75, 3.05) is 12.4 Å². The number of rotatable bonds is 1. The molecule has 0 aromatic heterocycles. The van der Waals surface area contributed by atoms with Gasteiger partial charge in [-0.2, -0.15) is 0 Å². The van der Waals surface area contributed by atoms with Crippen molar-refractivity contribution in [3.05, 3.63) is 29.3 Å². The Bertz CT molecular complexity index is 307. The van der Waals surface area contributed by atoms with Crippen molar-refractivity contribution in [2.45, 2.75) is 25.3 Å². The van der Waals surface area contributed by atoms with Gasteiger partial charge in [0.2, 0.25) is 0 Å². The van der Waals surface area contributed by atoms with E-state index in [2.05, 4.69) is 23.5 Å². The minimum atomic E-state index is 0.247. The summed E-state index contributed by atoms with van der Waals surface area (Å²) in [5.74, 6) is 0. The Morgan fingerprint density at radius 2 is 2.31 bits per heavy atom. The van der Waals surface area contributed by atoms with Crippen LogP contribution in [0, 0.1) is 0 Å². The second kappa shape index (κ2) is 3.38. The van der Waals surface area contributed by atoms with E-state index in [9.17, 15) is 0 Å². The van der Waals surface area contributed by atoms with Gasteiger partial charge in [0.1, 0.15) is 0 Å². The summed E-state index contributed by atoms with van der Waals surface area (Å²) in [6.07, 6.45) is 3.54. The van der Waals surface area contributed by atoms with Gasteiger partial charge < -0.3 is 11.1 Å². The number of anilines is 1. The molecule has 13 heavy (non-hydrogen) atoms. The SMILES string of the molecule is CNc1ccc2c(c1)[C@H](N)CCC2. The molecule has 0 fully saturated rings. The van der Waals surface area contributed by atoms with Crippen LogP contribution < -0.4 is 11.1 Å². The number of nitrogens with one attached hydrogen (secondary N) is 1. The minimum absolute atomic E-state index is 0.247. The van der Waals surface area contributed by atoms with Crippen molar-refractivity contribution in [1.82, 2.24) is 0 Å². The third-order valence-electron chi connectivity index (χ3n) is 2.80. The van der Waals surface area contributed by atoms with Crippen LogP contribution in [0.15, 0.2) is 18.2 Å². The van der Waals surface area contributed by atoms with E-state index in [1.54, 1.807) is 0 Å². The van der Waals surface area contributed by atoms with Crippen molar-refractivity contribution in [1.29, 1.82) is 0 Å². The Labute approximate surface area is 79.1 Å². The lowest BCUT2D eigenvalue weighted by Crippen LogP contribution is -2.17. The monoisotopic (exact) mass is 176 g/mol. The fourth-order valence-electron chi connectivity index (χ4n) is 1.99. The van der Waals surface area contributed by atoms with Gasteiger partial charge in [-0.25, -0.2) is 0 Å². The van der Waals surface area contributed by atoms with Crippen molar-refractivity contribution >= 4 is 5.69 Å². The molecule has 1 aliphatic carbocycles. The largest absolute Gasteiger partial charge is 0.388 e. The number of benzene rings is 1. The molecule has 0 saturated carbocycles. The Morgan fingerprint density at radius 3 is 3.08 bits per heavy atom. The number of fused-ring (bicyclic) bond motifs is 1. The minimum Gasteiger partial charge on any atom is -0.388 e. The molecule has 70 valence electrons. The van der Waals surface area contributed by atoms with Crippen molar-refractivity contribution < 1.29 is 0 Å². The van der Waals surface area contributed by atoms with Crippen LogP contribution in [0.5, 0.6) is 0 Å². The molecule has 0 unspecified atom stereocenters. The van der Waals surface area contributed by atoms with E-state index < -0.39 is 0 Å². The lowest BCUT2D eigenvalue weighted by molar-refractivity contribution is 0.571. The molecular weight excluding hydrogens is 160 g/mol. The first-order valence-electron chi connectivity index (χ1n) is 4.87. The summed E-state index contributed by atoms with van der Waals surface area (Å²) < 4.78 is 0. The summed E-state index contributed by atoms with van der Waals surface area (Å²) in [6.45, 7) is 0. The van der Waals surface area contributed by atoms with Crippen molar-refractivity contribution in [2.24, 2.45) is 5.73 Å². The highest BCUT2D eigenvalue weighted by Crippen LogP contribution is 2.29. The van der Waals surface area contributed by atoms with Crippen LogP contribution in [0.2, 0.25) is 0 Å². The van der Waals surface area contributed by atoms with Crippen molar-refractivity contribution in [3.8, 4) is 0 Å². The maximum absolute atomic E-state index is 6.04. The van der Waals surface area contributed by atoms with Gasteiger partial charge in [0.25, 0.3) is 0 Å². The Hall–Kier alpha value is -1.02. The normalized spacial score (nSPS) is 20.9. The number of hydrogen-bond donors (Lipinski definition) is 2. The molecule has 0 spiro atoms. The van der Waals surface area contributed by atoms with Gasteiger partial charge in [-0.3, -0.25) is 0 Å². The van der Waals surface area contributed by atoms with Crippen LogP contribution >= 0.6 is 0 Å². The van der Waals surface area contributed by atoms with Crippen LogP contribution in [-0.2, 0) is 6.42 Å². The van der Waals surface area contributed by atoms with E-state index in [0.717, 1.165) is 12.1 Å². The van der Waals surface area contributed by atoms with Gasteiger partial charge in [-0.05, 0) is 42.5 Å². The quantitative estimate of drug-likeness (QED) is 0.687. The average Bonchev–Trinajstić information content (AvgIpc) is 2.18. The molecule has 0 heterocycles. The van der Waals surface area contributed by atoms with Gasteiger partial charge in [0, 0.05) is 18.8 Å². The molecule has 0 saturated heterocycles. The lowest BCUT2D eigenvalue weighted by Gasteiger charge is -2.22. The highest BCUT2D eigenvalue weighted by Gasteiger charge is 2.16. The first-order valence-corrected chi connectivity index (χ1v) is 4.87. The van der Waals surface area contributed by atoms with Crippen LogP contribution in [0.3, 0.4) is 0 Å². The summed E-state index contributed by atoms with van der Waals surface area (Å²) in [4.78, 5) is 0. The van der Waals surface area contributed by atoms with E-state index in [4.69, 9.17) is 5.73 Å². The molecule has 0 amide bonds. The molecule has 1 aromatic carbocycles. The van der Waals surface area contributed by atoms with E-state index in [1.165, 1.54) is 24.0 Å². The average molecular weight is 176 g/mol. The smallest absolute Gasteiger partial charge is 0.0341 e. The fourth-order valence-corrected chi connectivity index (χ4v) is 1.99. The van der Waals surface area contributed by atoms with Crippen LogP contribution in [-0.4, -0.2) is 7.05 Å². The highest BCUT2D eigenvalue weighted by molar-refractivity contribution is 5.49. The zero-order valence-corrected chi connectivity index (χ0v) is 8.01. The molecule has 1 aromatic rings. The topological polar surface area (TPSA) is 38.0 Å². The Morgan fingerprint density at radius 1 is 1.46 bits per heavy atom. The third-order valence-corrected chi connectivity index (χ3v) is 2.80. The molecule has 1 aliphatic rings.